The minimum absolute atomic E-state index is 0.0684. The fourth-order valence-corrected chi connectivity index (χ4v) is 2.70. The fraction of sp³-hybridized carbons (Fsp3) is 0.533. The van der Waals surface area contributed by atoms with Gasteiger partial charge >= 0.3 is 0 Å². The zero-order chi connectivity index (χ0) is 14.7. The zero-order valence-corrected chi connectivity index (χ0v) is 12.7. The molecule has 1 aliphatic rings. The third kappa shape index (κ3) is 3.44. The van der Waals surface area contributed by atoms with Gasteiger partial charge < -0.3 is 15.4 Å². The Morgan fingerprint density at radius 2 is 2.20 bits per heavy atom. The summed E-state index contributed by atoms with van der Waals surface area (Å²) in [5, 5.41) is 0.578. The molecule has 2 N–H and O–H groups in total. The minimum atomic E-state index is 0.0684. The summed E-state index contributed by atoms with van der Waals surface area (Å²) in [4.78, 5) is 13.9. The molecule has 0 saturated heterocycles. The number of hydrogen-bond acceptors (Lipinski definition) is 3. The number of hydrogen-bond donors (Lipinski definition) is 1. The van der Waals surface area contributed by atoms with Crippen LogP contribution >= 0.6 is 11.6 Å². The van der Waals surface area contributed by atoms with Gasteiger partial charge in [0.15, 0.2) is 0 Å². The average Bonchev–Trinajstić information content (AvgIpc) is 2.38. The lowest BCUT2D eigenvalue weighted by atomic mass is 9.79. The van der Waals surface area contributed by atoms with Crippen LogP contribution in [0.15, 0.2) is 18.2 Å². The molecule has 1 aromatic carbocycles. The van der Waals surface area contributed by atoms with Gasteiger partial charge in [0.05, 0.1) is 17.5 Å². The van der Waals surface area contributed by atoms with Crippen LogP contribution in [0.3, 0.4) is 0 Å². The first-order valence-electron chi connectivity index (χ1n) is 6.94. The lowest BCUT2D eigenvalue weighted by Gasteiger charge is -2.35. The summed E-state index contributed by atoms with van der Waals surface area (Å²) in [5.74, 6) is 0.487. The number of carbonyl (C=O) groups excluding carboxylic acids is 1. The summed E-state index contributed by atoms with van der Waals surface area (Å²) >= 11 is 5.95. The quantitative estimate of drug-likeness (QED) is 0.850. The summed E-state index contributed by atoms with van der Waals surface area (Å²) in [6, 6.07) is 5.16. The first-order chi connectivity index (χ1) is 9.51. The number of halogens is 1. The van der Waals surface area contributed by atoms with Gasteiger partial charge in [-0.2, -0.15) is 0 Å². The van der Waals surface area contributed by atoms with Gasteiger partial charge in [-0.15, -0.1) is 0 Å². The Kier molecular flexibility index (Phi) is 4.89. The maximum atomic E-state index is 12.3. The van der Waals surface area contributed by atoms with Gasteiger partial charge in [-0.3, -0.25) is 4.79 Å². The third-order valence-corrected chi connectivity index (χ3v) is 4.02. The molecule has 1 saturated carbocycles. The predicted molar refractivity (Wildman–Crippen MR) is 82.0 cm³/mol. The highest BCUT2D eigenvalue weighted by molar-refractivity contribution is 6.31. The average molecular weight is 297 g/mol. The second kappa shape index (κ2) is 6.46. The maximum absolute atomic E-state index is 12.3. The van der Waals surface area contributed by atoms with Crippen LogP contribution in [0.25, 0.3) is 0 Å². The van der Waals surface area contributed by atoms with E-state index in [0.717, 1.165) is 19.4 Å². The molecule has 0 unspecified atom stereocenters. The van der Waals surface area contributed by atoms with Crippen LogP contribution < -0.4 is 10.6 Å². The largest absolute Gasteiger partial charge is 0.397 e. The molecule has 0 heterocycles. The van der Waals surface area contributed by atoms with Crippen LogP contribution in [-0.2, 0) is 9.53 Å². The fourth-order valence-electron chi connectivity index (χ4n) is 2.54. The smallest absolute Gasteiger partial charge is 0.227 e. The molecule has 1 aliphatic carbocycles. The van der Waals surface area contributed by atoms with Gasteiger partial charge in [0.25, 0.3) is 0 Å². The van der Waals surface area contributed by atoms with Gasteiger partial charge in [0.1, 0.15) is 0 Å². The van der Waals surface area contributed by atoms with E-state index >= 15 is 0 Å². The van der Waals surface area contributed by atoms with Crippen molar-refractivity contribution in [3.63, 3.8) is 0 Å². The molecule has 1 amide bonds. The summed E-state index contributed by atoms with van der Waals surface area (Å²) in [5.41, 5.74) is 7.13. The number of rotatable bonds is 5. The Morgan fingerprint density at radius 1 is 1.50 bits per heavy atom. The Morgan fingerprint density at radius 3 is 2.85 bits per heavy atom. The molecule has 0 aromatic heterocycles. The topological polar surface area (TPSA) is 55.6 Å². The standard InChI is InChI=1S/C15H21ClN2O2/c1-3-20-12-6-10(7-12)8-15(19)18(2)14-9-11(16)4-5-13(14)17/h4-5,9-10,12H,3,6-8,17H2,1-2H3. The molecule has 4 nitrogen and oxygen atoms in total. The van der Waals surface area contributed by atoms with Crippen molar-refractivity contribution in [2.75, 3.05) is 24.3 Å². The summed E-state index contributed by atoms with van der Waals surface area (Å²) in [7, 11) is 1.74. The van der Waals surface area contributed by atoms with Gasteiger partial charge in [-0.25, -0.2) is 0 Å². The number of ether oxygens (including phenoxy) is 1. The number of amides is 1. The predicted octanol–water partition coefficient (Wildman–Crippen LogP) is 3.09. The monoisotopic (exact) mass is 296 g/mol. The van der Waals surface area contributed by atoms with Crippen LogP contribution in [0.1, 0.15) is 26.2 Å². The van der Waals surface area contributed by atoms with E-state index in [1.807, 2.05) is 6.92 Å². The van der Waals surface area contributed by atoms with Gasteiger partial charge in [-0.05, 0) is 43.9 Å². The molecular weight excluding hydrogens is 276 g/mol. The highest BCUT2D eigenvalue weighted by Gasteiger charge is 2.32. The first-order valence-corrected chi connectivity index (χ1v) is 7.32. The van der Waals surface area contributed by atoms with Crippen molar-refractivity contribution < 1.29 is 9.53 Å². The minimum Gasteiger partial charge on any atom is -0.397 e. The highest BCUT2D eigenvalue weighted by atomic mass is 35.5. The zero-order valence-electron chi connectivity index (χ0n) is 11.9. The molecule has 0 spiro atoms. The van der Waals surface area contributed by atoms with Crippen molar-refractivity contribution in [1.29, 1.82) is 0 Å². The van der Waals surface area contributed by atoms with Crippen LogP contribution in [-0.4, -0.2) is 25.7 Å². The maximum Gasteiger partial charge on any atom is 0.227 e. The third-order valence-electron chi connectivity index (χ3n) is 3.79. The molecule has 110 valence electrons. The van der Waals surface area contributed by atoms with Crippen LogP contribution in [0, 0.1) is 5.92 Å². The van der Waals surface area contributed by atoms with E-state index in [9.17, 15) is 4.79 Å². The van der Waals surface area contributed by atoms with Gasteiger partial charge in [0.2, 0.25) is 5.91 Å². The van der Waals surface area contributed by atoms with E-state index < -0.39 is 0 Å². The number of nitrogen functional groups attached to an aromatic ring is 1. The van der Waals surface area contributed by atoms with Crippen molar-refractivity contribution in [2.45, 2.75) is 32.3 Å². The second-order valence-electron chi connectivity index (χ2n) is 5.27. The number of nitrogens with two attached hydrogens (primary N) is 1. The lowest BCUT2D eigenvalue weighted by Crippen LogP contribution is -2.36. The molecule has 0 radical (unpaired) electrons. The Balaban J connectivity index is 1.91. The van der Waals surface area contributed by atoms with E-state index in [0.29, 0.717) is 34.8 Å². The number of anilines is 2. The van der Waals surface area contributed by atoms with Crippen molar-refractivity contribution in [1.82, 2.24) is 0 Å². The normalized spacial score (nSPS) is 21.4. The van der Waals surface area contributed by atoms with Gasteiger partial charge in [-0.1, -0.05) is 11.6 Å². The molecular formula is C15H21ClN2O2. The number of nitrogens with zero attached hydrogens (tertiary/aromatic N) is 1. The summed E-state index contributed by atoms with van der Waals surface area (Å²) in [6.07, 6.45) is 2.81. The van der Waals surface area contributed by atoms with E-state index in [2.05, 4.69) is 0 Å². The van der Waals surface area contributed by atoms with E-state index in [-0.39, 0.29) is 5.91 Å². The van der Waals surface area contributed by atoms with Crippen molar-refractivity contribution in [3.8, 4) is 0 Å². The lowest BCUT2D eigenvalue weighted by molar-refractivity contribution is -0.121. The van der Waals surface area contributed by atoms with Crippen LogP contribution in [0.5, 0.6) is 0 Å². The van der Waals surface area contributed by atoms with Crippen LogP contribution in [0.4, 0.5) is 11.4 Å². The Hall–Kier alpha value is -1.26. The summed E-state index contributed by atoms with van der Waals surface area (Å²) in [6.45, 7) is 2.73. The number of benzene rings is 1. The Bertz CT molecular complexity index is 487. The molecule has 0 atom stereocenters. The molecule has 1 fully saturated rings. The molecule has 2 rings (SSSR count). The van der Waals surface area contributed by atoms with E-state index in [4.69, 9.17) is 22.1 Å². The molecule has 0 bridgehead atoms. The number of carbonyl (C=O) groups is 1. The van der Waals surface area contributed by atoms with Crippen molar-refractivity contribution >= 4 is 28.9 Å². The highest BCUT2D eigenvalue weighted by Crippen LogP contribution is 2.34. The van der Waals surface area contributed by atoms with Crippen molar-refractivity contribution in [3.05, 3.63) is 23.2 Å². The van der Waals surface area contributed by atoms with Gasteiger partial charge in [0, 0.05) is 25.1 Å². The molecule has 5 heteroatoms. The van der Waals surface area contributed by atoms with E-state index in [1.165, 1.54) is 0 Å². The summed E-state index contributed by atoms with van der Waals surface area (Å²) < 4.78 is 5.51. The molecule has 1 aromatic rings. The molecule has 20 heavy (non-hydrogen) atoms. The van der Waals surface area contributed by atoms with Crippen LogP contribution in [0.2, 0.25) is 5.02 Å². The van der Waals surface area contributed by atoms with Crippen molar-refractivity contribution in [2.24, 2.45) is 5.92 Å². The first kappa shape index (κ1) is 15.1. The second-order valence-corrected chi connectivity index (χ2v) is 5.71. The SMILES string of the molecule is CCOC1CC(CC(=O)N(C)c2cc(Cl)ccc2N)C1. The molecule has 0 aliphatic heterocycles. The Labute approximate surface area is 124 Å². The van der Waals surface area contributed by atoms with E-state index in [1.54, 1.807) is 30.1 Å².